The molecule has 0 aromatic heterocycles. The normalized spacial score (nSPS) is 13.4. The van der Waals surface area contributed by atoms with E-state index in [2.05, 4.69) is 74.7 Å². The molecule has 67 heavy (non-hydrogen) atoms. The van der Waals surface area contributed by atoms with Gasteiger partial charge in [-0.25, -0.2) is 0 Å². The molecule has 0 spiro atoms. The number of carbonyl (C=O) groups is 2. The summed E-state index contributed by atoms with van der Waals surface area (Å²) in [5.41, 5.74) is 0. The van der Waals surface area contributed by atoms with Gasteiger partial charge < -0.3 is 20.3 Å². The highest BCUT2D eigenvalue weighted by atomic mass is 16.5. The predicted molar refractivity (Wildman–Crippen MR) is 292 cm³/mol. The molecule has 392 valence electrons. The van der Waals surface area contributed by atoms with E-state index < -0.39 is 18.2 Å². The number of esters is 1. The van der Waals surface area contributed by atoms with Gasteiger partial charge in [0, 0.05) is 6.42 Å². The van der Waals surface area contributed by atoms with Crippen LogP contribution in [0.25, 0.3) is 0 Å². The molecule has 0 aromatic carbocycles. The van der Waals surface area contributed by atoms with Crippen LogP contribution >= 0.6 is 0 Å². The van der Waals surface area contributed by atoms with Crippen LogP contribution in [0.5, 0.6) is 0 Å². The zero-order valence-corrected chi connectivity index (χ0v) is 44.8. The van der Waals surface area contributed by atoms with Crippen molar-refractivity contribution in [3.8, 4) is 0 Å². The Labute approximate surface area is 416 Å². The number of hydrogen-bond donors (Lipinski definition) is 3. The van der Waals surface area contributed by atoms with Gasteiger partial charge in [-0.05, 0) is 64.2 Å². The Morgan fingerprint density at radius 2 is 0.776 bits per heavy atom. The van der Waals surface area contributed by atoms with Crippen LogP contribution in [-0.4, -0.2) is 46.9 Å². The van der Waals surface area contributed by atoms with Crippen molar-refractivity contribution in [2.75, 3.05) is 6.61 Å². The molecule has 0 saturated carbocycles. The van der Waals surface area contributed by atoms with Gasteiger partial charge in [-0.2, -0.15) is 0 Å². The molecule has 0 aliphatic heterocycles. The third-order valence-corrected chi connectivity index (χ3v) is 13.4. The van der Waals surface area contributed by atoms with E-state index in [0.29, 0.717) is 19.3 Å². The van der Waals surface area contributed by atoms with Crippen molar-refractivity contribution in [2.24, 2.45) is 0 Å². The number of rotatable bonds is 53. The maximum Gasteiger partial charge on any atom is 0.306 e. The van der Waals surface area contributed by atoms with Crippen LogP contribution in [0.15, 0.2) is 48.6 Å². The summed E-state index contributed by atoms with van der Waals surface area (Å²) in [5.74, 6) is -0.514. The molecule has 0 saturated heterocycles. The maximum atomic E-state index is 13.3. The minimum atomic E-state index is -0.802. The molecule has 0 aromatic rings. The second kappa shape index (κ2) is 54.8. The molecule has 0 fully saturated rings. The fourth-order valence-electron chi connectivity index (χ4n) is 8.95. The number of amides is 1. The van der Waals surface area contributed by atoms with Gasteiger partial charge in [-0.1, -0.05) is 275 Å². The molecule has 0 heterocycles. The van der Waals surface area contributed by atoms with E-state index >= 15 is 0 Å². The Balaban J connectivity index is 4.63. The van der Waals surface area contributed by atoms with Crippen LogP contribution < -0.4 is 5.32 Å². The summed E-state index contributed by atoms with van der Waals surface area (Å²) in [4.78, 5) is 26.3. The lowest BCUT2D eigenvalue weighted by atomic mass is 10.0. The van der Waals surface area contributed by atoms with Crippen molar-refractivity contribution in [1.82, 2.24) is 5.32 Å². The summed E-state index contributed by atoms with van der Waals surface area (Å²) < 4.78 is 5.94. The third-order valence-electron chi connectivity index (χ3n) is 13.4. The summed E-state index contributed by atoms with van der Waals surface area (Å²) >= 11 is 0. The lowest BCUT2D eigenvalue weighted by Crippen LogP contribution is -2.46. The second-order valence-corrected chi connectivity index (χ2v) is 20.1. The lowest BCUT2D eigenvalue weighted by Gasteiger charge is -2.24. The van der Waals surface area contributed by atoms with Crippen molar-refractivity contribution < 1.29 is 24.5 Å². The van der Waals surface area contributed by atoms with Crippen LogP contribution in [0.2, 0.25) is 0 Å². The van der Waals surface area contributed by atoms with Crippen LogP contribution in [0, 0.1) is 0 Å². The Bertz CT molecular complexity index is 1150. The van der Waals surface area contributed by atoms with Gasteiger partial charge in [0.05, 0.1) is 25.2 Å². The van der Waals surface area contributed by atoms with Crippen molar-refractivity contribution in [1.29, 1.82) is 0 Å². The topological polar surface area (TPSA) is 95.9 Å². The van der Waals surface area contributed by atoms with Crippen LogP contribution in [-0.2, 0) is 14.3 Å². The van der Waals surface area contributed by atoms with Gasteiger partial charge in [0.2, 0.25) is 5.91 Å². The van der Waals surface area contributed by atoms with Gasteiger partial charge in [0.15, 0.2) is 0 Å². The Kier molecular flexibility index (Phi) is 53.0. The summed E-state index contributed by atoms with van der Waals surface area (Å²) in [6.45, 7) is 6.47. The molecule has 3 unspecified atom stereocenters. The molecular formula is C61H113NO5. The first-order valence-electron chi connectivity index (χ1n) is 29.4. The molecule has 0 aliphatic rings. The molecule has 6 heteroatoms. The van der Waals surface area contributed by atoms with E-state index in [4.69, 9.17) is 4.74 Å². The number of carbonyl (C=O) groups excluding carboxylic acids is 2. The molecule has 3 atom stereocenters. The van der Waals surface area contributed by atoms with Gasteiger partial charge >= 0.3 is 5.97 Å². The molecule has 0 aliphatic carbocycles. The number of aliphatic hydroxyl groups excluding tert-OH is 2. The van der Waals surface area contributed by atoms with Gasteiger partial charge in [-0.3, -0.25) is 9.59 Å². The largest absolute Gasteiger partial charge is 0.462 e. The maximum absolute atomic E-state index is 13.3. The minimum absolute atomic E-state index is 0.0432. The Morgan fingerprint density at radius 1 is 0.433 bits per heavy atom. The number of allylic oxidation sites excluding steroid dienone is 8. The minimum Gasteiger partial charge on any atom is -0.462 e. The highest BCUT2D eigenvalue weighted by Gasteiger charge is 2.24. The number of nitrogens with one attached hydrogen (secondary N) is 1. The highest BCUT2D eigenvalue weighted by Crippen LogP contribution is 2.18. The average Bonchev–Trinajstić information content (AvgIpc) is 3.32. The molecule has 1 amide bonds. The standard InChI is InChI=1S/C61H113NO5/c1-4-7-10-13-16-19-22-25-28-30-32-34-37-40-43-46-49-52-57(67-61(66)54-51-48-45-42-39-36-33-29-26-23-20-17-14-11-8-5-2)55-60(65)62-58(56-63)59(64)53-50-47-44-41-38-35-31-27-24-21-18-15-12-9-6-3/h16,19,25,28,32,34,40,43,57-59,63-64H,4-15,17-18,20-24,26-27,29-31,33,35-39,41-42,44-56H2,1-3H3,(H,62,65)/b19-16-,28-25-,34-32-,43-40-. The summed E-state index contributed by atoms with van der Waals surface area (Å²) in [6, 6.07) is -0.718. The van der Waals surface area contributed by atoms with Crippen molar-refractivity contribution in [2.45, 2.75) is 322 Å². The molecular weight excluding hydrogens is 827 g/mol. The van der Waals surface area contributed by atoms with E-state index in [1.165, 1.54) is 186 Å². The fourth-order valence-corrected chi connectivity index (χ4v) is 8.95. The fraction of sp³-hybridized carbons (Fsp3) is 0.836. The third kappa shape index (κ3) is 50.0. The molecule has 6 nitrogen and oxygen atoms in total. The Hall–Kier alpha value is -2.18. The van der Waals surface area contributed by atoms with E-state index in [0.717, 1.165) is 70.6 Å². The van der Waals surface area contributed by atoms with Crippen molar-refractivity contribution in [3.05, 3.63) is 48.6 Å². The zero-order valence-electron chi connectivity index (χ0n) is 44.8. The van der Waals surface area contributed by atoms with Crippen LogP contribution in [0.4, 0.5) is 0 Å². The molecule has 0 radical (unpaired) electrons. The molecule has 0 rings (SSSR count). The number of ether oxygens (including phenoxy) is 1. The smallest absolute Gasteiger partial charge is 0.306 e. The zero-order chi connectivity index (χ0) is 48.8. The molecule has 0 bridgehead atoms. The van der Waals surface area contributed by atoms with E-state index in [-0.39, 0.29) is 24.9 Å². The van der Waals surface area contributed by atoms with E-state index in [1.54, 1.807) is 0 Å². The second-order valence-electron chi connectivity index (χ2n) is 20.1. The van der Waals surface area contributed by atoms with Crippen LogP contribution in [0.1, 0.15) is 303 Å². The van der Waals surface area contributed by atoms with E-state index in [9.17, 15) is 19.8 Å². The van der Waals surface area contributed by atoms with Gasteiger partial charge in [0.1, 0.15) is 6.10 Å². The van der Waals surface area contributed by atoms with Crippen molar-refractivity contribution in [3.63, 3.8) is 0 Å². The summed E-state index contributed by atoms with van der Waals surface area (Å²) in [5, 5.41) is 23.9. The predicted octanol–water partition coefficient (Wildman–Crippen LogP) is 18.2. The van der Waals surface area contributed by atoms with E-state index in [1.807, 2.05) is 0 Å². The average molecular weight is 941 g/mol. The SMILES string of the molecule is CCCCC/C=C\C/C=C\C/C=C\C/C=C\CCCC(CC(=O)NC(CO)C(O)CCCCCCCCCCCCCCCCC)OC(=O)CCCCCCCCCCCCCCCCCC. The van der Waals surface area contributed by atoms with Crippen LogP contribution in [0.3, 0.4) is 0 Å². The summed E-state index contributed by atoms with van der Waals surface area (Å²) in [6.07, 6.45) is 67.5. The molecule has 3 N–H and O–H groups in total. The Morgan fingerprint density at radius 3 is 1.18 bits per heavy atom. The lowest BCUT2D eigenvalue weighted by molar-refractivity contribution is -0.151. The first-order valence-corrected chi connectivity index (χ1v) is 29.4. The first kappa shape index (κ1) is 64.8. The number of aliphatic hydroxyl groups is 2. The highest BCUT2D eigenvalue weighted by molar-refractivity contribution is 5.77. The quantitative estimate of drug-likeness (QED) is 0.0321. The monoisotopic (exact) mass is 940 g/mol. The van der Waals surface area contributed by atoms with Gasteiger partial charge in [-0.15, -0.1) is 0 Å². The number of unbranched alkanes of at least 4 members (excludes halogenated alkanes) is 33. The summed E-state index contributed by atoms with van der Waals surface area (Å²) in [7, 11) is 0. The number of hydrogen-bond acceptors (Lipinski definition) is 5. The van der Waals surface area contributed by atoms with Crippen molar-refractivity contribution >= 4 is 11.9 Å². The van der Waals surface area contributed by atoms with Gasteiger partial charge in [0.25, 0.3) is 0 Å². The first-order chi connectivity index (χ1) is 33.0.